The molecule has 224 valence electrons. The van der Waals surface area contributed by atoms with E-state index in [4.69, 9.17) is 24.2 Å². The second-order valence-electron chi connectivity index (χ2n) is 11.5. The van der Waals surface area contributed by atoms with Crippen LogP contribution in [0.1, 0.15) is 48.9 Å². The number of rotatable bonds is 10. The van der Waals surface area contributed by atoms with Crippen molar-refractivity contribution >= 4 is 11.7 Å². The number of nitriles is 1. The number of ether oxygens (including phenoxy) is 3. The average molecular weight is 575 g/mol. The standard InChI is InChI=1S/C32H42N6O4/c1-5-30(39)38-18-17-37(20-24(38)14-15-33)31-28(22(2)34-32(35-31)41-21-25-7-6-16-36(25)3)13-12-26-10-8-23-9-11-27(40-4)19-29(23)42-26/h5,9,11,19,24-26H,1,6-8,10,12-14,16-18,20-21H2,2-4H3/t24?,25?,26-/m1/s1. The Bertz CT molecular complexity index is 1330. The second-order valence-corrected chi connectivity index (χ2v) is 11.5. The molecule has 42 heavy (non-hydrogen) atoms. The van der Waals surface area contributed by atoms with Crippen LogP contribution in [0.15, 0.2) is 30.9 Å². The van der Waals surface area contributed by atoms with E-state index in [9.17, 15) is 10.1 Å². The van der Waals surface area contributed by atoms with Gasteiger partial charge < -0.3 is 28.9 Å². The molecule has 3 atom stereocenters. The minimum atomic E-state index is -0.248. The summed E-state index contributed by atoms with van der Waals surface area (Å²) in [7, 11) is 3.79. The van der Waals surface area contributed by atoms with E-state index in [1.807, 2.05) is 19.1 Å². The molecule has 0 saturated carbocycles. The number of carbonyl (C=O) groups excluding carboxylic acids is 1. The third kappa shape index (κ3) is 6.62. The Kier molecular flexibility index (Phi) is 9.48. The highest BCUT2D eigenvalue weighted by molar-refractivity contribution is 5.87. The van der Waals surface area contributed by atoms with Crippen molar-refractivity contribution in [3.8, 4) is 23.6 Å². The monoisotopic (exact) mass is 574 g/mol. The van der Waals surface area contributed by atoms with Gasteiger partial charge in [0.25, 0.3) is 0 Å². The first kappa shape index (κ1) is 29.6. The fraction of sp³-hybridized carbons (Fsp3) is 0.562. The molecule has 3 aliphatic rings. The minimum absolute atomic E-state index is 0.0686. The maximum Gasteiger partial charge on any atom is 0.318 e. The van der Waals surface area contributed by atoms with Crippen LogP contribution >= 0.6 is 0 Å². The van der Waals surface area contributed by atoms with Gasteiger partial charge in [0.1, 0.15) is 23.9 Å². The molecule has 1 aromatic heterocycles. The van der Waals surface area contributed by atoms with Gasteiger partial charge in [-0.25, -0.2) is 4.98 Å². The Labute approximate surface area is 248 Å². The van der Waals surface area contributed by atoms with Gasteiger partial charge in [-0.15, -0.1) is 0 Å². The SMILES string of the molecule is C=CC(=O)N1CCN(c2nc(OCC3CCCN3C)nc(C)c2CC[C@H]2CCc3ccc(OC)cc3O2)CC1CC#N. The van der Waals surface area contributed by atoms with Crippen molar-refractivity contribution in [3.63, 3.8) is 0 Å². The van der Waals surface area contributed by atoms with Crippen LogP contribution in [0.25, 0.3) is 0 Å². The lowest BCUT2D eigenvalue weighted by molar-refractivity contribution is -0.128. The molecule has 10 heteroatoms. The predicted octanol–water partition coefficient (Wildman–Crippen LogP) is 3.71. The lowest BCUT2D eigenvalue weighted by atomic mass is 9.97. The lowest BCUT2D eigenvalue weighted by Crippen LogP contribution is -2.55. The summed E-state index contributed by atoms with van der Waals surface area (Å²) in [5.41, 5.74) is 3.14. The third-order valence-corrected chi connectivity index (χ3v) is 8.83. The second kappa shape index (κ2) is 13.4. The number of likely N-dealkylation sites (N-methyl/N-ethyl adjacent to an activating group) is 1. The molecule has 0 spiro atoms. The van der Waals surface area contributed by atoms with Crippen LogP contribution in [0.5, 0.6) is 17.5 Å². The number of hydrogen-bond acceptors (Lipinski definition) is 9. The van der Waals surface area contributed by atoms with Gasteiger partial charge in [0.2, 0.25) is 5.91 Å². The van der Waals surface area contributed by atoms with Crippen LogP contribution in [0, 0.1) is 18.3 Å². The number of amides is 1. The van der Waals surface area contributed by atoms with E-state index in [2.05, 4.69) is 35.6 Å². The molecule has 5 rings (SSSR count). The maximum absolute atomic E-state index is 12.5. The smallest absolute Gasteiger partial charge is 0.318 e. The summed E-state index contributed by atoms with van der Waals surface area (Å²) in [6.45, 7) is 8.89. The van der Waals surface area contributed by atoms with Crippen LogP contribution in [0.3, 0.4) is 0 Å². The van der Waals surface area contributed by atoms with Crippen molar-refractivity contribution in [3.05, 3.63) is 47.7 Å². The van der Waals surface area contributed by atoms with Gasteiger partial charge in [0, 0.05) is 43.0 Å². The van der Waals surface area contributed by atoms with Crippen molar-refractivity contribution in [1.82, 2.24) is 19.8 Å². The molecule has 2 fully saturated rings. The number of aromatic nitrogens is 2. The molecule has 2 unspecified atom stereocenters. The normalized spacial score (nSPS) is 22.2. The Balaban J connectivity index is 1.37. The average Bonchev–Trinajstić information content (AvgIpc) is 3.42. The molecule has 10 nitrogen and oxygen atoms in total. The Hall–Kier alpha value is -3.84. The molecule has 1 aromatic carbocycles. The Morgan fingerprint density at radius 2 is 2.10 bits per heavy atom. The molecule has 0 bridgehead atoms. The number of piperazine rings is 1. The number of fused-ring (bicyclic) bond motifs is 1. The molecular weight excluding hydrogens is 532 g/mol. The third-order valence-electron chi connectivity index (χ3n) is 8.83. The van der Waals surface area contributed by atoms with Gasteiger partial charge in [0.15, 0.2) is 0 Å². The Morgan fingerprint density at radius 3 is 2.83 bits per heavy atom. The van der Waals surface area contributed by atoms with E-state index in [0.29, 0.717) is 38.3 Å². The number of benzene rings is 1. The first-order valence-electron chi connectivity index (χ1n) is 15.0. The first-order valence-corrected chi connectivity index (χ1v) is 15.0. The molecular formula is C32H42N6O4. The summed E-state index contributed by atoms with van der Waals surface area (Å²) >= 11 is 0. The van der Waals surface area contributed by atoms with E-state index in [1.165, 1.54) is 18.1 Å². The molecule has 4 heterocycles. The number of likely N-dealkylation sites (tertiary alicyclic amines) is 1. The maximum atomic E-state index is 12.5. The summed E-state index contributed by atoms with van der Waals surface area (Å²) < 4.78 is 18.0. The zero-order valence-electron chi connectivity index (χ0n) is 25.1. The largest absolute Gasteiger partial charge is 0.497 e. The topological polar surface area (TPSA) is 104 Å². The van der Waals surface area contributed by atoms with E-state index >= 15 is 0 Å². The summed E-state index contributed by atoms with van der Waals surface area (Å²) in [6, 6.07) is 8.77. The quantitative estimate of drug-likeness (QED) is 0.393. The summed E-state index contributed by atoms with van der Waals surface area (Å²) in [6.07, 6.45) is 7.37. The van der Waals surface area contributed by atoms with Gasteiger partial charge in [0.05, 0.1) is 31.7 Å². The van der Waals surface area contributed by atoms with Crippen molar-refractivity contribution in [2.24, 2.45) is 0 Å². The Morgan fingerprint density at radius 1 is 1.24 bits per heavy atom. The van der Waals surface area contributed by atoms with Crippen LogP contribution in [0.4, 0.5) is 5.82 Å². The van der Waals surface area contributed by atoms with Crippen LogP contribution in [-0.2, 0) is 17.6 Å². The van der Waals surface area contributed by atoms with Crippen LogP contribution in [0.2, 0.25) is 0 Å². The van der Waals surface area contributed by atoms with Gasteiger partial charge in [-0.05, 0) is 76.7 Å². The number of hydrogen-bond donors (Lipinski definition) is 0. The van der Waals surface area contributed by atoms with Gasteiger partial charge in [-0.2, -0.15) is 10.2 Å². The highest BCUT2D eigenvalue weighted by Crippen LogP contribution is 2.34. The van der Waals surface area contributed by atoms with Gasteiger partial charge in [-0.1, -0.05) is 12.6 Å². The van der Waals surface area contributed by atoms with Gasteiger partial charge in [-0.3, -0.25) is 4.79 Å². The predicted molar refractivity (Wildman–Crippen MR) is 160 cm³/mol. The number of anilines is 1. The number of aryl methyl sites for hydroxylation is 2. The van der Waals surface area contributed by atoms with Gasteiger partial charge >= 0.3 is 6.01 Å². The number of nitrogens with zero attached hydrogens (tertiary/aromatic N) is 6. The highest BCUT2D eigenvalue weighted by Gasteiger charge is 2.32. The van der Waals surface area contributed by atoms with Crippen molar-refractivity contribution in [2.75, 3.05) is 51.8 Å². The van der Waals surface area contributed by atoms with E-state index in [-0.39, 0.29) is 24.5 Å². The summed E-state index contributed by atoms with van der Waals surface area (Å²) in [5, 5.41) is 9.51. The number of carbonyl (C=O) groups is 1. The van der Waals surface area contributed by atoms with E-state index < -0.39 is 0 Å². The molecule has 2 aromatic rings. The first-order chi connectivity index (χ1) is 20.4. The fourth-order valence-corrected chi connectivity index (χ4v) is 6.31. The summed E-state index contributed by atoms with van der Waals surface area (Å²) in [4.78, 5) is 28.5. The van der Waals surface area contributed by atoms with E-state index in [0.717, 1.165) is 67.2 Å². The highest BCUT2D eigenvalue weighted by atomic mass is 16.5. The number of methoxy groups -OCH3 is 1. The van der Waals surface area contributed by atoms with Crippen LogP contribution < -0.4 is 19.1 Å². The van der Waals surface area contributed by atoms with Crippen LogP contribution in [-0.4, -0.2) is 90.8 Å². The molecule has 2 saturated heterocycles. The van der Waals surface area contributed by atoms with Crippen molar-refractivity contribution in [2.45, 2.75) is 70.1 Å². The molecule has 0 N–H and O–H groups in total. The zero-order valence-corrected chi connectivity index (χ0v) is 25.1. The van der Waals surface area contributed by atoms with Crippen molar-refractivity contribution < 1.29 is 19.0 Å². The summed E-state index contributed by atoms with van der Waals surface area (Å²) in [5.74, 6) is 2.36. The zero-order chi connectivity index (χ0) is 29.6. The van der Waals surface area contributed by atoms with Crippen molar-refractivity contribution in [1.29, 1.82) is 5.26 Å². The molecule has 0 aliphatic carbocycles. The fourth-order valence-electron chi connectivity index (χ4n) is 6.31. The molecule has 3 aliphatic heterocycles. The lowest BCUT2D eigenvalue weighted by Gasteiger charge is -2.41. The minimum Gasteiger partial charge on any atom is -0.497 e. The molecule has 0 radical (unpaired) electrons. The molecule has 1 amide bonds. The van der Waals surface area contributed by atoms with E-state index in [1.54, 1.807) is 12.0 Å².